The third-order valence-corrected chi connectivity index (χ3v) is 5.21. The topological polar surface area (TPSA) is 55.8 Å². The minimum Gasteiger partial charge on any atom is -0.423 e. The monoisotopic (exact) mass is 401 g/mol. The van der Waals surface area contributed by atoms with Crippen LogP contribution in [-0.4, -0.2) is 30.4 Å². The number of esters is 2. The standard InChI is InChI=1S/C22H24ClNO4/c1-14(25)27-21-12-17-10-11-24(3)20(19(17)13-22(21)28-15(2)26)9-6-16-4-7-18(23)8-5-16/h4-5,7-8,12-13,20H,6,9-11H2,1-3H3. The maximum atomic E-state index is 11.5. The van der Waals surface area contributed by atoms with Gasteiger partial charge in [-0.15, -0.1) is 0 Å². The molecule has 0 radical (unpaired) electrons. The number of halogens is 1. The number of aryl methyl sites for hydroxylation is 1. The molecule has 1 heterocycles. The van der Waals surface area contributed by atoms with Crippen molar-refractivity contribution in [2.45, 2.75) is 39.2 Å². The van der Waals surface area contributed by atoms with Gasteiger partial charge in [-0.2, -0.15) is 0 Å². The molecule has 0 saturated heterocycles. The zero-order valence-corrected chi connectivity index (χ0v) is 17.1. The Labute approximate surface area is 170 Å². The Morgan fingerprint density at radius 1 is 1.07 bits per heavy atom. The second-order valence-corrected chi connectivity index (χ2v) is 7.53. The predicted octanol–water partition coefficient (Wildman–Crippen LogP) is 4.35. The number of likely N-dealkylation sites (N-methyl/N-ethyl adjacent to an activating group) is 1. The second kappa shape index (κ2) is 8.76. The molecule has 0 amide bonds. The largest absolute Gasteiger partial charge is 0.423 e. The van der Waals surface area contributed by atoms with Crippen LogP contribution in [-0.2, 0) is 22.4 Å². The first-order chi connectivity index (χ1) is 13.3. The Balaban J connectivity index is 1.90. The van der Waals surface area contributed by atoms with E-state index in [4.69, 9.17) is 21.1 Å². The minimum atomic E-state index is -0.449. The van der Waals surface area contributed by atoms with Crippen molar-refractivity contribution in [2.75, 3.05) is 13.6 Å². The molecule has 1 aliphatic rings. The van der Waals surface area contributed by atoms with Gasteiger partial charge in [0.05, 0.1) is 0 Å². The van der Waals surface area contributed by atoms with Gasteiger partial charge < -0.3 is 9.47 Å². The number of hydrogen-bond acceptors (Lipinski definition) is 5. The quantitative estimate of drug-likeness (QED) is 0.550. The van der Waals surface area contributed by atoms with Crippen molar-refractivity contribution in [1.82, 2.24) is 4.90 Å². The lowest BCUT2D eigenvalue weighted by molar-refractivity contribution is -0.134. The molecular weight excluding hydrogens is 378 g/mol. The summed E-state index contributed by atoms with van der Waals surface area (Å²) in [7, 11) is 2.10. The van der Waals surface area contributed by atoms with Crippen LogP contribution >= 0.6 is 11.6 Å². The summed E-state index contributed by atoms with van der Waals surface area (Å²) in [5.74, 6) is -0.313. The van der Waals surface area contributed by atoms with E-state index in [2.05, 4.69) is 11.9 Å². The van der Waals surface area contributed by atoms with E-state index in [-0.39, 0.29) is 11.8 Å². The predicted molar refractivity (Wildman–Crippen MR) is 108 cm³/mol. The van der Waals surface area contributed by atoms with Gasteiger partial charge in [-0.05, 0) is 67.3 Å². The number of rotatable bonds is 5. The van der Waals surface area contributed by atoms with Gasteiger partial charge >= 0.3 is 11.9 Å². The molecule has 1 aliphatic heterocycles. The van der Waals surface area contributed by atoms with Crippen LogP contribution in [0.1, 0.15) is 43.0 Å². The summed E-state index contributed by atoms with van der Waals surface area (Å²) in [6.07, 6.45) is 2.66. The smallest absolute Gasteiger partial charge is 0.308 e. The van der Waals surface area contributed by atoms with Crippen molar-refractivity contribution < 1.29 is 19.1 Å². The van der Waals surface area contributed by atoms with Gasteiger partial charge in [0, 0.05) is 31.5 Å². The summed E-state index contributed by atoms with van der Waals surface area (Å²) in [6, 6.07) is 11.7. The lowest BCUT2D eigenvalue weighted by atomic mass is 9.89. The van der Waals surface area contributed by atoms with Gasteiger partial charge in [0.25, 0.3) is 0 Å². The highest BCUT2D eigenvalue weighted by molar-refractivity contribution is 6.30. The van der Waals surface area contributed by atoms with Crippen molar-refractivity contribution in [1.29, 1.82) is 0 Å². The number of ether oxygens (including phenoxy) is 2. The van der Waals surface area contributed by atoms with Gasteiger partial charge in [-0.3, -0.25) is 14.5 Å². The number of fused-ring (bicyclic) bond motifs is 1. The molecule has 0 spiro atoms. The average molecular weight is 402 g/mol. The summed E-state index contributed by atoms with van der Waals surface area (Å²) in [4.78, 5) is 25.3. The lowest BCUT2D eigenvalue weighted by Crippen LogP contribution is -2.32. The van der Waals surface area contributed by atoms with E-state index >= 15 is 0 Å². The van der Waals surface area contributed by atoms with Crippen molar-refractivity contribution in [3.63, 3.8) is 0 Å². The first-order valence-electron chi connectivity index (χ1n) is 9.32. The summed E-state index contributed by atoms with van der Waals surface area (Å²) < 4.78 is 10.6. The molecule has 2 aromatic rings. The maximum Gasteiger partial charge on any atom is 0.308 e. The molecule has 148 valence electrons. The maximum absolute atomic E-state index is 11.5. The summed E-state index contributed by atoms with van der Waals surface area (Å²) in [5, 5.41) is 0.730. The molecule has 28 heavy (non-hydrogen) atoms. The molecule has 2 aromatic carbocycles. The highest BCUT2D eigenvalue weighted by Gasteiger charge is 2.27. The lowest BCUT2D eigenvalue weighted by Gasteiger charge is -2.35. The minimum absolute atomic E-state index is 0.181. The van der Waals surface area contributed by atoms with E-state index < -0.39 is 11.9 Å². The number of hydrogen-bond donors (Lipinski definition) is 0. The average Bonchev–Trinajstić information content (AvgIpc) is 2.62. The SMILES string of the molecule is CC(=O)Oc1cc2c(cc1OC(C)=O)C(CCc1ccc(Cl)cc1)N(C)CC2. The van der Waals surface area contributed by atoms with Gasteiger partial charge in [-0.25, -0.2) is 0 Å². The van der Waals surface area contributed by atoms with Crippen molar-refractivity contribution in [3.05, 3.63) is 58.1 Å². The normalized spacial score (nSPS) is 16.4. The van der Waals surface area contributed by atoms with Crippen LogP contribution in [0.4, 0.5) is 0 Å². The van der Waals surface area contributed by atoms with E-state index in [9.17, 15) is 9.59 Å². The molecule has 0 N–H and O–H groups in total. The molecule has 0 bridgehead atoms. The Kier molecular flexibility index (Phi) is 6.37. The van der Waals surface area contributed by atoms with Crippen LogP contribution in [0.15, 0.2) is 36.4 Å². The van der Waals surface area contributed by atoms with Crippen molar-refractivity contribution in [3.8, 4) is 11.5 Å². The molecule has 5 nitrogen and oxygen atoms in total. The Morgan fingerprint density at radius 3 is 2.29 bits per heavy atom. The van der Waals surface area contributed by atoms with E-state index in [0.717, 1.165) is 42.0 Å². The first-order valence-corrected chi connectivity index (χ1v) is 9.69. The molecule has 0 fully saturated rings. The number of benzene rings is 2. The summed E-state index contributed by atoms with van der Waals surface area (Å²) in [6.45, 7) is 3.57. The van der Waals surface area contributed by atoms with Crippen LogP contribution in [0.3, 0.4) is 0 Å². The second-order valence-electron chi connectivity index (χ2n) is 7.10. The molecule has 0 aliphatic carbocycles. The zero-order chi connectivity index (χ0) is 20.3. The Hall–Kier alpha value is -2.37. The van der Waals surface area contributed by atoms with Crippen LogP contribution in [0, 0.1) is 0 Å². The fourth-order valence-electron chi connectivity index (χ4n) is 3.63. The molecule has 0 aromatic heterocycles. The van der Waals surface area contributed by atoms with E-state index in [1.54, 1.807) is 0 Å². The van der Waals surface area contributed by atoms with Crippen molar-refractivity contribution in [2.24, 2.45) is 0 Å². The third kappa shape index (κ3) is 4.91. The molecule has 1 unspecified atom stereocenters. The van der Waals surface area contributed by atoms with Gasteiger partial charge in [-0.1, -0.05) is 23.7 Å². The van der Waals surface area contributed by atoms with E-state index in [0.29, 0.717) is 5.75 Å². The van der Waals surface area contributed by atoms with Crippen molar-refractivity contribution >= 4 is 23.5 Å². The van der Waals surface area contributed by atoms with Crippen LogP contribution < -0.4 is 9.47 Å². The number of carbonyl (C=O) groups is 2. The fourth-order valence-corrected chi connectivity index (χ4v) is 3.76. The number of carbonyl (C=O) groups excluding carboxylic acids is 2. The zero-order valence-electron chi connectivity index (χ0n) is 16.3. The molecule has 6 heteroatoms. The molecule has 3 rings (SSSR count). The molecule has 1 atom stereocenters. The van der Waals surface area contributed by atoms with E-state index in [1.165, 1.54) is 19.4 Å². The fraction of sp³-hybridized carbons (Fsp3) is 0.364. The molecule has 0 saturated carbocycles. The third-order valence-electron chi connectivity index (χ3n) is 4.96. The van der Waals surface area contributed by atoms with Crippen LogP contribution in [0.25, 0.3) is 0 Å². The van der Waals surface area contributed by atoms with Gasteiger partial charge in [0.15, 0.2) is 11.5 Å². The molecular formula is C22H24ClNO4. The van der Waals surface area contributed by atoms with Gasteiger partial charge in [0.1, 0.15) is 0 Å². The van der Waals surface area contributed by atoms with Crippen LogP contribution in [0.2, 0.25) is 5.02 Å². The highest BCUT2D eigenvalue weighted by atomic mass is 35.5. The van der Waals surface area contributed by atoms with Gasteiger partial charge in [0.2, 0.25) is 0 Å². The summed E-state index contributed by atoms with van der Waals surface area (Å²) in [5.41, 5.74) is 3.45. The van der Waals surface area contributed by atoms with Crippen LogP contribution in [0.5, 0.6) is 11.5 Å². The first kappa shape index (κ1) is 20.4. The highest BCUT2D eigenvalue weighted by Crippen LogP contribution is 2.39. The Morgan fingerprint density at radius 2 is 1.68 bits per heavy atom. The summed E-state index contributed by atoms with van der Waals surface area (Å²) >= 11 is 5.97. The number of nitrogens with zero attached hydrogens (tertiary/aromatic N) is 1. The Bertz CT molecular complexity index is 879. The van der Waals surface area contributed by atoms with E-state index in [1.807, 2.05) is 36.4 Å².